The van der Waals surface area contributed by atoms with E-state index in [-0.39, 0.29) is 11.7 Å². The maximum absolute atomic E-state index is 12.5. The van der Waals surface area contributed by atoms with Gasteiger partial charge in [0.25, 0.3) is 5.91 Å². The van der Waals surface area contributed by atoms with E-state index >= 15 is 0 Å². The number of carbonyl (C=O) groups is 1. The molecule has 1 amide bonds. The quantitative estimate of drug-likeness (QED) is 0.941. The molecule has 0 bridgehead atoms. The van der Waals surface area contributed by atoms with Crippen molar-refractivity contribution in [2.24, 2.45) is 0 Å². The van der Waals surface area contributed by atoms with Crippen LogP contribution in [-0.2, 0) is 6.54 Å². The summed E-state index contributed by atoms with van der Waals surface area (Å²) in [6.07, 6.45) is 0. The smallest absolute Gasteiger partial charge is 0.253 e. The van der Waals surface area contributed by atoms with Crippen LogP contribution in [0, 0.1) is 13.8 Å². The molecule has 0 atom stereocenters. The van der Waals surface area contributed by atoms with Crippen molar-refractivity contribution in [3.63, 3.8) is 0 Å². The van der Waals surface area contributed by atoms with Gasteiger partial charge in [0, 0.05) is 44.0 Å². The zero-order valence-corrected chi connectivity index (χ0v) is 14.2. The number of aromatic nitrogens is 1. The Labute approximate surface area is 142 Å². The van der Waals surface area contributed by atoms with E-state index < -0.39 is 0 Å². The highest BCUT2D eigenvalue weighted by Crippen LogP contribution is 2.18. The van der Waals surface area contributed by atoms with Gasteiger partial charge in [-0.25, -0.2) is 0 Å². The number of amides is 1. The Balaban J connectivity index is 1.58. The molecule has 3 rings (SSSR count). The van der Waals surface area contributed by atoms with Gasteiger partial charge in [0.15, 0.2) is 0 Å². The number of pyridine rings is 1. The van der Waals surface area contributed by atoms with E-state index in [0.29, 0.717) is 25.3 Å². The molecule has 1 saturated heterocycles. The summed E-state index contributed by atoms with van der Waals surface area (Å²) in [4.78, 5) is 21.1. The number of hydrogen-bond donors (Lipinski definition) is 1. The first kappa shape index (κ1) is 16.5. The maximum atomic E-state index is 12.5. The molecule has 0 unspecified atom stereocenters. The molecular formula is C19H23N3O2. The van der Waals surface area contributed by atoms with Gasteiger partial charge < -0.3 is 10.0 Å². The predicted octanol–water partition coefficient (Wildman–Crippen LogP) is 2.36. The highest BCUT2D eigenvalue weighted by molar-refractivity contribution is 5.94. The minimum Gasteiger partial charge on any atom is -0.506 e. The zero-order chi connectivity index (χ0) is 17.1. The van der Waals surface area contributed by atoms with Gasteiger partial charge in [-0.15, -0.1) is 0 Å². The van der Waals surface area contributed by atoms with Gasteiger partial charge in [0.05, 0.1) is 5.69 Å². The molecule has 24 heavy (non-hydrogen) atoms. The molecule has 0 aliphatic carbocycles. The Hall–Kier alpha value is -2.40. The van der Waals surface area contributed by atoms with E-state index in [1.807, 2.05) is 43.0 Å². The van der Waals surface area contributed by atoms with Crippen LogP contribution < -0.4 is 0 Å². The number of aromatic hydroxyl groups is 1. The minimum atomic E-state index is 0.0891. The first-order valence-electron chi connectivity index (χ1n) is 8.27. The molecule has 1 aliphatic rings. The van der Waals surface area contributed by atoms with Crippen LogP contribution in [0.2, 0.25) is 0 Å². The SMILES string of the molecule is Cc1ccc(C(=O)N2CCN(Cc3nc(C)ccc3O)CC2)cc1. The topological polar surface area (TPSA) is 56.7 Å². The molecule has 5 nitrogen and oxygen atoms in total. The molecule has 1 aliphatic heterocycles. The van der Waals surface area contributed by atoms with Crippen molar-refractivity contribution in [3.8, 4) is 5.75 Å². The van der Waals surface area contributed by atoms with Gasteiger partial charge in [-0.2, -0.15) is 0 Å². The van der Waals surface area contributed by atoms with Crippen LogP contribution in [0.3, 0.4) is 0 Å². The Morgan fingerprint density at radius 2 is 1.71 bits per heavy atom. The molecule has 1 aromatic carbocycles. The third kappa shape index (κ3) is 3.74. The molecule has 2 aromatic rings. The first-order chi connectivity index (χ1) is 11.5. The lowest BCUT2D eigenvalue weighted by atomic mass is 10.1. The van der Waals surface area contributed by atoms with Crippen molar-refractivity contribution < 1.29 is 9.90 Å². The van der Waals surface area contributed by atoms with E-state index in [0.717, 1.165) is 29.9 Å². The summed E-state index contributed by atoms with van der Waals surface area (Å²) < 4.78 is 0. The molecule has 5 heteroatoms. The second-order valence-corrected chi connectivity index (χ2v) is 6.35. The summed E-state index contributed by atoms with van der Waals surface area (Å²) in [5.41, 5.74) is 3.50. The molecule has 0 radical (unpaired) electrons. The maximum Gasteiger partial charge on any atom is 0.253 e. The fourth-order valence-corrected chi connectivity index (χ4v) is 2.92. The molecule has 1 fully saturated rings. The van der Waals surface area contributed by atoms with Crippen LogP contribution in [0.15, 0.2) is 36.4 Å². The van der Waals surface area contributed by atoms with Gasteiger partial charge in [-0.1, -0.05) is 17.7 Å². The number of piperazine rings is 1. The molecule has 126 valence electrons. The van der Waals surface area contributed by atoms with Crippen LogP contribution >= 0.6 is 0 Å². The van der Waals surface area contributed by atoms with E-state index in [2.05, 4.69) is 9.88 Å². The van der Waals surface area contributed by atoms with Crippen molar-refractivity contribution in [3.05, 3.63) is 58.9 Å². The largest absolute Gasteiger partial charge is 0.506 e. The van der Waals surface area contributed by atoms with Crippen LogP contribution in [-0.4, -0.2) is 52.0 Å². The number of nitrogens with zero attached hydrogens (tertiary/aromatic N) is 3. The second kappa shape index (κ2) is 7.01. The summed E-state index contributed by atoms with van der Waals surface area (Å²) in [7, 11) is 0. The number of rotatable bonds is 3. The standard InChI is InChI=1S/C19H23N3O2/c1-14-3-6-16(7-4-14)19(24)22-11-9-21(10-12-22)13-17-18(23)8-5-15(2)20-17/h3-8,23H,9-13H2,1-2H3. The molecule has 1 N–H and O–H groups in total. The Kier molecular flexibility index (Phi) is 4.81. The lowest BCUT2D eigenvalue weighted by Gasteiger charge is -2.34. The number of carbonyl (C=O) groups excluding carboxylic acids is 1. The van der Waals surface area contributed by atoms with Gasteiger partial charge in [-0.3, -0.25) is 14.7 Å². The van der Waals surface area contributed by atoms with Gasteiger partial charge >= 0.3 is 0 Å². The van der Waals surface area contributed by atoms with E-state index in [1.165, 1.54) is 0 Å². The normalized spacial score (nSPS) is 15.5. The van der Waals surface area contributed by atoms with Gasteiger partial charge in [-0.05, 0) is 38.1 Å². The van der Waals surface area contributed by atoms with Crippen molar-refractivity contribution in [1.29, 1.82) is 0 Å². The lowest BCUT2D eigenvalue weighted by Crippen LogP contribution is -2.48. The fraction of sp³-hybridized carbons (Fsp3) is 0.368. The fourth-order valence-electron chi connectivity index (χ4n) is 2.92. The van der Waals surface area contributed by atoms with Gasteiger partial charge in [0.2, 0.25) is 0 Å². The average molecular weight is 325 g/mol. The van der Waals surface area contributed by atoms with Crippen LogP contribution in [0.25, 0.3) is 0 Å². The molecular weight excluding hydrogens is 302 g/mol. The van der Waals surface area contributed by atoms with Crippen molar-refractivity contribution in [2.45, 2.75) is 20.4 Å². The van der Waals surface area contributed by atoms with E-state index in [4.69, 9.17) is 0 Å². The molecule has 0 spiro atoms. The van der Waals surface area contributed by atoms with Crippen LogP contribution in [0.4, 0.5) is 0 Å². The van der Waals surface area contributed by atoms with E-state index in [9.17, 15) is 9.90 Å². The Morgan fingerprint density at radius 1 is 1.04 bits per heavy atom. The predicted molar refractivity (Wildman–Crippen MR) is 93.0 cm³/mol. The number of hydrogen-bond acceptors (Lipinski definition) is 4. The third-order valence-corrected chi connectivity index (χ3v) is 4.42. The van der Waals surface area contributed by atoms with Crippen LogP contribution in [0.5, 0.6) is 5.75 Å². The van der Waals surface area contributed by atoms with Crippen molar-refractivity contribution in [2.75, 3.05) is 26.2 Å². The first-order valence-corrected chi connectivity index (χ1v) is 8.27. The second-order valence-electron chi connectivity index (χ2n) is 6.35. The van der Waals surface area contributed by atoms with Crippen LogP contribution in [0.1, 0.15) is 27.3 Å². The monoisotopic (exact) mass is 325 g/mol. The summed E-state index contributed by atoms with van der Waals surface area (Å²) in [5.74, 6) is 0.324. The number of benzene rings is 1. The molecule has 1 aromatic heterocycles. The summed E-state index contributed by atoms with van der Waals surface area (Å²) in [6, 6.07) is 11.2. The molecule has 2 heterocycles. The average Bonchev–Trinajstić information content (AvgIpc) is 2.59. The van der Waals surface area contributed by atoms with E-state index in [1.54, 1.807) is 12.1 Å². The number of aryl methyl sites for hydroxylation is 2. The third-order valence-electron chi connectivity index (χ3n) is 4.42. The zero-order valence-electron chi connectivity index (χ0n) is 14.2. The lowest BCUT2D eigenvalue weighted by molar-refractivity contribution is 0.0626. The summed E-state index contributed by atoms with van der Waals surface area (Å²) in [5, 5.41) is 9.92. The Morgan fingerprint density at radius 3 is 2.38 bits per heavy atom. The highest BCUT2D eigenvalue weighted by Gasteiger charge is 2.22. The van der Waals surface area contributed by atoms with Gasteiger partial charge in [0.1, 0.15) is 5.75 Å². The highest BCUT2D eigenvalue weighted by atomic mass is 16.3. The van der Waals surface area contributed by atoms with Crippen molar-refractivity contribution in [1.82, 2.24) is 14.8 Å². The van der Waals surface area contributed by atoms with Crippen molar-refractivity contribution >= 4 is 5.91 Å². The summed E-state index contributed by atoms with van der Waals surface area (Å²) in [6.45, 7) is 7.50. The molecule has 0 saturated carbocycles. The summed E-state index contributed by atoms with van der Waals surface area (Å²) >= 11 is 0. The minimum absolute atomic E-state index is 0.0891. The Bertz CT molecular complexity index is 720.